The zero-order chi connectivity index (χ0) is 52.7. The maximum atomic E-state index is 12.9. The van der Waals surface area contributed by atoms with Crippen molar-refractivity contribution < 1.29 is 52.2 Å². The number of phosphoric ester groups is 1. The fraction of sp³-hybridized carbons (Fsp3) is 0.750. The summed E-state index contributed by atoms with van der Waals surface area (Å²) < 4.78 is 39.4. The predicted octanol–water partition coefficient (Wildman–Crippen LogP) is 16.9. The lowest BCUT2D eigenvalue weighted by Crippen LogP contribution is -2.30. The first-order valence-corrected chi connectivity index (χ1v) is 30.3. The van der Waals surface area contributed by atoms with Crippen LogP contribution in [0.5, 0.6) is 0 Å². The van der Waals surface area contributed by atoms with E-state index in [4.69, 9.17) is 23.3 Å². The average Bonchev–Trinajstić information content (AvgIpc) is 3.37. The SMILES string of the molecule is CC/C=C\C/C=C\C/C=C\C/C=C\C/C=C\CC(=O)OC(COC(=O)CCCCCCC/C=C\CCCCCCCC)COP(=O)(O)OCC(CO)OC(=O)CCCCCCCCCCCCCCCCC. The Kier molecular flexibility index (Phi) is 51.9. The van der Waals surface area contributed by atoms with Gasteiger partial charge in [0.15, 0.2) is 6.10 Å². The molecule has 0 aliphatic carbocycles. The first-order valence-electron chi connectivity index (χ1n) is 28.8. The third kappa shape index (κ3) is 51.8. The van der Waals surface area contributed by atoms with Gasteiger partial charge in [0.25, 0.3) is 0 Å². The van der Waals surface area contributed by atoms with E-state index in [1.807, 2.05) is 12.2 Å². The summed E-state index contributed by atoms with van der Waals surface area (Å²) in [6, 6.07) is 0. The van der Waals surface area contributed by atoms with E-state index in [9.17, 15) is 28.9 Å². The van der Waals surface area contributed by atoms with Crippen LogP contribution < -0.4 is 0 Å². The van der Waals surface area contributed by atoms with Gasteiger partial charge in [0.05, 0.1) is 26.2 Å². The minimum atomic E-state index is -4.77. The lowest BCUT2D eigenvalue weighted by atomic mass is 10.0. The van der Waals surface area contributed by atoms with Crippen molar-refractivity contribution in [1.29, 1.82) is 0 Å². The summed E-state index contributed by atoms with van der Waals surface area (Å²) in [5, 5.41) is 9.81. The molecule has 0 aromatic rings. The molecule has 11 nitrogen and oxygen atoms in total. The highest BCUT2D eigenvalue weighted by atomic mass is 31.2. The summed E-state index contributed by atoms with van der Waals surface area (Å²) in [5.41, 5.74) is 0. The molecular weight excluding hydrogens is 928 g/mol. The molecule has 0 spiro atoms. The largest absolute Gasteiger partial charge is 0.472 e. The molecule has 0 aliphatic heterocycles. The number of hydrogen-bond acceptors (Lipinski definition) is 10. The molecular formula is C60H105O11P. The van der Waals surface area contributed by atoms with Gasteiger partial charge in [0.2, 0.25) is 0 Å². The van der Waals surface area contributed by atoms with E-state index in [1.165, 1.54) is 109 Å². The summed E-state index contributed by atoms with van der Waals surface area (Å²) in [6.45, 7) is 4.42. The highest BCUT2D eigenvalue weighted by Gasteiger charge is 2.28. The van der Waals surface area contributed by atoms with Crippen molar-refractivity contribution in [2.75, 3.05) is 26.4 Å². The molecule has 0 fully saturated rings. The third-order valence-corrected chi connectivity index (χ3v) is 13.1. The molecule has 2 N–H and O–H groups in total. The summed E-state index contributed by atoms with van der Waals surface area (Å²) in [6.07, 6.45) is 60.3. The van der Waals surface area contributed by atoms with Gasteiger partial charge >= 0.3 is 25.7 Å². The summed E-state index contributed by atoms with van der Waals surface area (Å²) in [4.78, 5) is 48.4. The van der Waals surface area contributed by atoms with Crippen LogP contribution in [0.3, 0.4) is 0 Å². The van der Waals surface area contributed by atoms with Gasteiger partial charge in [0.1, 0.15) is 12.7 Å². The number of rotatable bonds is 53. The predicted molar refractivity (Wildman–Crippen MR) is 298 cm³/mol. The number of aliphatic hydroxyl groups is 1. The van der Waals surface area contributed by atoms with Crippen LogP contribution in [-0.4, -0.2) is 66.5 Å². The minimum absolute atomic E-state index is 0.0664. The molecule has 0 amide bonds. The summed E-state index contributed by atoms with van der Waals surface area (Å²) in [7, 11) is -4.77. The molecule has 72 heavy (non-hydrogen) atoms. The van der Waals surface area contributed by atoms with Gasteiger partial charge in [-0.25, -0.2) is 4.57 Å². The maximum absolute atomic E-state index is 12.9. The highest BCUT2D eigenvalue weighted by molar-refractivity contribution is 7.47. The zero-order valence-corrected chi connectivity index (χ0v) is 46.8. The second kappa shape index (κ2) is 54.2. The van der Waals surface area contributed by atoms with Crippen molar-refractivity contribution in [3.63, 3.8) is 0 Å². The number of carbonyl (C=O) groups excluding carboxylic acids is 3. The Hall–Kier alpha value is -3.08. The number of unbranched alkanes of at least 4 members (excludes halogenated alkanes) is 25. The second-order valence-electron chi connectivity index (χ2n) is 19.1. The molecule has 3 unspecified atom stereocenters. The van der Waals surface area contributed by atoms with Gasteiger partial charge in [-0.15, -0.1) is 0 Å². The van der Waals surface area contributed by atoms with E-state index in [2.05, 4.69) is 75.5 Å². The maximum Gasteiger partial charge on any atom is 0.472 e. The van der Waals surface area contributed by atoms with Crippen molar-refractivity contribution >= 4 is 25.7 Å². The van der Waals surface area contributed by atoms with Gasteiger partial charge in [-0.3, -0.25) is 23.4 Å². The Bertz CT molecular complexity index is 1490. The lowest BCUT2D eigenvalue weighted by Gasteiger charge is -2.21. The summed E-state index contributed by atoms with van der Waals surface area (Å²) in [5.74, 6) is -1.62. The van der Waals surface area contributed by atoms with Crippen molar-refractivity contribution in [3.05, 3.63) is 72.9 Å². The van der Waals surface area contributed by atoms with E-state index in [0.717, 1.165) is 83.5 Å². The molecule has 416 valence electrons. The molecule has 12 heteroatoms. The van der Waals surface area contributed by atoms with Crippen molar-refractivity contribution in [2.24, 2.45) is 0 Å². The monoisotopic (exact) mass is 1030 g/mol. The van der Waals surface area contributed by atoms with E-state index < -0.39 is 57.8 Å². The summed E-state index contributed by atoms with van der Waals surface area (Å²) >= 11 is 0. The smallest absolute Gasteiger partial charge is 0.462 e. The standard InChI is InChI=1S/C60H105O11P/c1-4-7-10-13-16-19-22-25-28-31-34-37-40-43-46-49-58(62)67-53-57(71-60(64)51-48-45-42-39-36-33-30-27-24-21-18-15-12-9-6-3)55-69-72(65,66)68-54-56(52-61)70-59(63)50-47-44-41-38-35-32-29-26-23-20-17-14-11-8-5-2/h9,12,18,21,25,27-28,30,36,39,45,48,56-57,61H,4-8,10-11,13-17,19-20,22-24,26,29,31-35,37-38,40-44,46-47,49-55H2,1-3H3,(H,65,66)/b12-9-,21-18-,28-25-,30-27-,39-36-,48-45-. The fourth-order valence-corrected chi connectivity index (χ4v) is 8.56. The second-order valence-corrected chi connectivity index (χ2v) is 20.5. The third-order valence-electron chi connectivity index (χ3n) is 12.1. The molecule has 0 heterocycles. The van der Waals surface area contributed by atoms with Crippen molar-refractivity contribution in [1.82, 2.24) is 0 Å². The molecule has 0 aliphatic rings. The van der Waals surface area contributed by atoms with Crippen LogP contribution in [0.1, 0.15) is 252 Å². The zero-order valence-electron chi connectivity index (χ0n) is 45.9. The van der Waals surface area contributed by atoms with Gasteiger partial charge in [-0.2, -0.15) is 0 Å². The molecule has 0 radical (unpaired) electrons. The molecule has 0 rings (SSSR count). The number of allylic oxidation sites excluding steroid dienone is 11. The first-order chi connectivity index (χ1) is 35.2. The molecule has 0 bridgehead atoms. The van der Waals surface area contributed by atoms with E-state index in [-0.39, 0.29) is 25.9 Å². The Balaban J connectivity index is 4.81. The van der Waals surface area contributed by atoms with Crippen LogP contribution in [0.25, 0.3) is 0 Å². The van der Waals surface area contributed by atoms with Crippen LogP contribution in [0.4, 0.5) is 0 Å². The van der Waals surface area contributed by atoms with Gasteiger partial charge < -0.3 is 24.2 Å². The van der Waals surface area contributed by atoms with Crippen LogP contribution >= 0.6 is 7.82 Å². The Morgan fingerprint density at radius 1 is 0.417 bits per heavy atom. The molecule has 0 aromatic carbocycles. The Morgan fingerprint density at radius 2 is 0.778 bits per heavy atom. The van der Waals surface area contributed by atoms with Crippen molar-refractivity contribution in [2.45, 2.75) is 264 Å². The number of hydrogen-bond donors (Lipinski definition) is 2. The quantitative estimate of drug-likeness (QED) is 0.0197. The molecule has 3 atom stereocenters. The molecule has 0 saturated heterocycles. The number of esters is 3. The molecule has 0 saturated carbocycles. The molecule has 0 aromatic heterocycles. The average molecular weight is 1030 g/mol. The fourth-order valence-electron chi connectivity index (χ4n) is 7.78. The Morgan fingerprint density at radius 3 is 1.21 bits per heavy atom. The van der Waals surface area contributed by atoms with E-state index in [0.29, 0.717) is 19.3 Å². The van der Waals surface area contributed by atoms with Crippen LogP contribution in [0, 0.1) is 0 Å². The number of aliphatic hydroxyl groups excluding tert-OH is 1. The van der Waals surface area contributed by atoms with Crippen LogP contribution in [0.2, 0.25) is 0 Å². The van der Waals surface area contributed by atoms with Crippen LogP contribution in [-0.2, 0) is 42.2 Å². The minimum Gasteiger partial charge on any atom is -0.462 e. The number of carbonyl (C=O) groups is 3. The van der Waals surface area contributed by atoms with Crippen molar-refractivity contribution in [3.8, 4) is 0 Å². The van der Waals surface area contributed by atoms with Crippen LogP contribution in [0.15, 0.2) is 72.9 Å². The Labute approximate surface area is 439 Å². The normalized spacial score (nSPS) is 13.9. The first kappa shape index (κ1) is 68.9. The highest BCUT2D eigenvalue weighted by Crippen LogP contribution is 2.43. The van der Waals surface area contributed by atoms with Gasteiger partial charge in [-0.05, 0) is 70.6 Å². The number of ether oxygens (including phenoxy) is 3. The topological polar surface area (TPSA) is 155 Å². The van der Waals surface area contributed by atoms with E-state index in [1.54, 1.807) is 6.08 Å². The number of phosphoric acid groups is 1. The van der Waals surface area contributed by atoms with Gasteiger partial charge in [0, 0.05) is 12.8 Å². The van der Waals surface area contributed by atoms with E-state index >= 15 is 0 Å². The van der Waals surface area contributed by atoms with Gasteiger partial charge in [-0.1, -0.05) is 235 Å². The lowest BCUT2D eigenvalue weighted by molar-refractivity contribution is -0.160.